The zero-order valence-corrected chi connectivity index (χ0v) is 7.65. The van der Waals surface area contributed by atoms with Crippen LogP contribution in [0.25, 0.3) is 0 Å². The second kappa shape index (κ2) is 2.90. The summed E-state index contributed by atoms with van der Waals surface area (Å²) in [5, 5.41) is 3.35. The van der Waals surface area contributed by atoms with Gasteiger partial charge in [-0.3, -0.25) is 0 Å². The molecule has 12 heavy (non-hydrogen) atoms. The van der Waals surface area contributed by atoms with Crippen LogP contribution in [0.5, 0.6) is 0 Å². The van der Waals surface area contributed by atoms with Gasteiger partial charge in [-0.1, -0.05) is 0 Å². The van der Waals surface area contributed by atoms with Crippen LogP contribution in [-0.4, -0.2) is 23.1 Å². The summed E-state index contributed by atoms with van der Waals surface area (Å²) >= 11 is 0. The van der Waals surface area contributed by atoms with Crippen molar-refractivity contribution in [2.75, 3.05) is 13.1 Å². The lowest BCUT2D eigenvalue weighted by molar-refractivity contribution is 0.733. The van der Waals surface area contributed by atoms with E-state index in [0.29, 0.717) is 5.92 Å². The van der Waals surface area contributed by atoms with Crippen molar-refractivity contribution in [3.8, 4) is 0 Å². The fraction of sp³-hybridized carbons (Fsp3) is 0.667. The Kier molecular flexibility index (Phi) is 1.89. The third kappa shape index (κ3) is 1.25. The van der Waals surface area contributed by atoms with Crippen LogP contribution in [0.1, 0.15) is 29.6 Å². The van der Waals surface area contributed by atoms with E-state index < -0.39 is 0 Å². The lowest BCUT2D eigenvalue weighted by Crippen LogP contribution is -2.08. The molecule has 1 aliphatic rings. The summed E-state index contributed by atoms with van der Waals surface area (Å²) in [5.74, 6) is 1.67. The molecule has 66 valence electrons. The van der Waals surface area contributed by atoms with Crippen LogP contribution in [-0.2, 0) is 0 Å². The van der Waals surface area contributed by atoms with Gasteiger partial charge in [-0.25, -0.2) is 4.98 Å². The van der Waals surface area contributed by atoms with Crippen LogP contribution in [0.15, 0.2) is 0 Å². The number of rotatable bonds is 1. The molecule has 2 N–H and O–H groups in total. The van der Waals surface area contributed by atoms with Crippen molar-refractivity contribution < 1.29 is 0 Å². The maximum Gasteiger partial charge on any atom is 0.103 e. The molecule has 1 saturated heterocycles. The summed E-state index contributed by atoms with van der Waals surface area (Å²) in [6.45, 7) is 6.34. The largest absolute Gasteiger partial charge is 0.346 e. The first-order valence-corrected chi connectivity index (χ1v) is 4.51. The van der Waals surface area contributed by atoms with Crippen molar-refractivity contribution in [3.63, 3.8) is 0 Å². The Morgan fingerprint density at radius 3 is 2.75 bits per heavy atom. The SMILES string of the molecule is Cc1nc(C2CCNC2)c(C)[nH]1. The number of nitrogens with one attached hydrogen (secondary N) is 2. The van der Waals surface area contributed by atoms with E-state index in [4.69, 9.17) is 0 Å². The highest BCUT2D eigenvalue weighted by molar-refractivity contribution is 5.18. The first-order valence-electron chi connectivity index (χ1n) is 4.51. The second-order valence-electron chi connectivity index (χ2n) is 3.52. The average molecular weight is 165 g/mol. The quantitative estimate of drug-likeness (QED) is 0.654. The van der Waals surface area contributed by atoms with Gasteiger partial charge in [-0.2, -0.15) is 0 Å². The summed E-state index contributed by atoms with van der Waals surface area (Å²) in [4.78, 5) is 7.74. The molecule has 1 unspecified atom stereocenters. The van der Waals surface area contributed by atoms with Crippen molar-refractivity contribution in [1.82, 2.24) is 15.3 Å². The number of aromatic nitrogens is 2. The van der Waals surface area contributed by atoms with Gasteiger partial charge in [0, 0.05) is 18.2 Å². The van der Waals surface area contributed by atoms with Gasteiger partial charge in [-0.05, 0) is 26.8 Å². The molecule has 0 amide bonds. The summed E-state index contributed by atoms with van der Waals surface area (Å²) in [6, 6.07) is 0. The van der Waals surface area contributed by atoms with Gasteiger partial charge in [0.2, 0.25) is 0 Å². The molecular formula is C9H15N3. The van der Waals surface area contributed by atoms with Gasteiger partial charge >= 0.3 is 0 Å². The van der Waals surface area contributed by atoms with E-state index in [1.165, 1.54) is 17.8 Å². The molecule has 2 heterocycles. The molecule has 0 spiro atoms. The first-order chi connectivity index (χ1) is 5.77. The molecule has 0 bridgehead atoms. The van der Waals surface area contributed by atoms with Gasteiger partial charge in [0.05, 0.1) is 5.69 Å². The fourth-order valence-corrected chi connectivity index (χ4v) is 1.91. The van der Waals surface area contributed by atoms with Crippen LogP contribution in [0.2, 0.25) is 0 Å². The second-order valence-corrected chi connectivity index (χ2v) is 3.52. The number of hydrogen-bond acceptors (Lipinski definition) is 2. The van der Waals surface area contributed by atoms with Crippen LogP contribution < -0.4 is 5.32 Å². The predicted molar refractivity (Wildman–Crippen MR) is 48.3 cm³/mol. The number of hydrogen-bond donors (Lipinski definition) is 2. The van der Waals surface area contributed by atoms with E-state index in [9.17, 15) is 0 Å². The summed E-state index contributed by atoms with van der Waals surface area (Å²) in [5.41, 5.74) is 2.50. The van der Waals surface area contributed by atoms with Crippen LogP contribution in [0.4, 0.5) is 0 Å². The number of nitrogens with zero attached hydrogens (tertiary/aromatic N) is 1. The lowest BCUT2D eigenvalue weighted by atomic mass is 10.0. The van der Waals surface area contributed by atoms with Crippen LogP contribution >= 0.6 is 0 Å². The Morgan fingerprint density at radius 2 is 2.25 bits per heavy atom. The van der Waals surface area contributed by atoms with Gasteiger partial charge in [0.25, 0.3) is 0 Å². The molecule has 1 atom stereocenters. The Balaban J connectivity index is 2.25. The molecule has 1 aromatic heterocycles. The van der Waals surface area contributed by atoms with Crippen molar-refractivity contribution in [2.24, 2.45) is 0 Å². The monoisotopic (exact) mass is 165 g/mol. The summed E-state index contributed by atoms with van der Waals surface area (Å²) < 4.78 is 0. The zero-order valence-electron chi connectivity index (χ0n) is 7.65. The normalized spacial score (nSPS) is 23.3. The maximum atomic E-state index is 4.50. The van der Waals surface area contributed by atoms with Crippen molar-refractivity contribution in [2.45, 2.75) is 26.2 Å². The van der Waals surface area contributed by atoms with E-state index in [2.05, 4.69) is 22.2 Å². The molecule has 1 fully saturated rings. The molecule has 0 aromatic carbocycles. The summed E-state index contributed by atoms with van der Waals surface area (Å²) in [7, 11) is 0. The van der Waals surface area contributed by atoms with Gasteiger partial charge in [0.1, 0.15) is 5.82 Å². The number of H-pyrrole nitrogens is 1. The van der Waals surface area contributed by atoms with E-state index in [1.54, 1.807) is 0 Å². The smallest absolute Gasteiger partial charge is 0.103 e. The molecule has 1 aromatic rings. The van der Waals surface area contributed by atoms with Crippen LogP contribution in [0.3, 0.4) is 0 Å². The van der Waals surface area contributed by atoms with Crippen LogP contribution in [0, 0.1) is 13.8 Å². The Morgan fingerprint density at radius 1 is 1.42 bits per heavy atom. The number of imidazole rings is 1. The standard InChI is InChI=1S/C9H15N3/c1-6-9(12-7(2)11-6)8-3-4-10-5-8/h8,10H,3-5H2,1-2H3,(H,11,12). The van der Waals surface area contributed by atoms with E-state index in [-0.39, 0.29) is 0 Å². The highest BCUT2D eigenvalue weighted by Gasteiger charge is 2.20. The van der Waals surface area contributed by atoms with E-state index >= 15 is 0 Å². The van der Waals surface area contributed by atoms with Gasteiger partial charge in [0.15, 0.2) is 0 Å². The molecule has 0 saturated carbocycles. The summed E-state index contributed by atoms with van der Waals surface area (Å²) in [6.07, 6.45) is 1.23. The molecule has 0 aliphatic carbocycles. The topological polar surface area (TPSA) is 40.7 Å². The minimum Gasteiger partial charge on any atom is -0.346 e. The number of aromatic amines is 1. The predicted octanol–water partition coefficient (Wildman–Crippen LogP) is 1.10. The van der Waals surface area contributed by atoms with E-state index in [0.717, 1.165) is 18.9 Å². The molecular weight excluding hydrogens is 150 g/mol. The van der Waals surface area contributed by atoms with Crippen molar-refractivity contribution in [1.29, 1.82) is 0 Å². The minimum absolute atomic E-state index is 0.634. The molecule has 2 rings (SSSR count). The Bertz CT molecular complexity index is 271. The first kappa shape index (κ1) is 7.80. The van der Waals surface area contributed by atoms with Gasteiger partial charge < -0.3 is 10.3 Å². The zero-order chi connectivity index (χ0) is 8.55. The van der Waals surface area contributed by atoms with Crippen molar-refractivity contribution >= 4 is 0 Å². The highest BCUT2D eigenvalue weighted by atomic mass is 15.0. The lowest BCUT2D eigenvalue weighted by Gasteiger charge is -2.04. The third-order valence-electron chi connectivity index (χ3n) is 2.49. The highest BCUT2D eigenvalue weighted by Crippen LogP contribution is 2.22. The van der Waals surface area contributed by atoms with Gasteiger partial charge in [-0.15, -0.1) is 0 Å². The molecule has 3 heteroatoms. The Hall–Kier alpha value is -0.830. The van der Waals surface area contributed by atoms with E-state index in [1.807, 2.05) is 6.92 Å². The number of aryl methyl sites for hydroxylation is 2. The maximum absolute atomic E-state index is 4.50. The van der Waals surface area contributed by atoms with Crippen molar-refractivity contribution in [3.05, 3.63) is 17.2 Å². The molecule has 1 aliphatic heterocycles. The molecule has 0 radical (unpaired) electrons. The molecule has 3 nitrogen and oxygen atoms in total. The Labute approximate surface area is 72.6 Å². The minimum atomic E-state index is 0.634. The average Bonchev–Trinajstić information content (AvgIpc) is 2.58. The third-order valence-corrected chi connectivity index (χ3v) is 2.49. The fourth-order valence-electron chi connectivity index (χ4n) is 1.91.